The molecule has 144 valence electrons. The van der Waals surface area contributed by atoms with Gasteiger partial charge in [0.2, 0.25) is 0 Å². The van der Waals surface area contributed by atoms with Gasteiger partial charge >= 0.3 is 0 Å². The summed E-state index contributed by atoms with van der Waals surface area (Å²) in [7, 11) is -3.08. The first kappa shape index (κ1) is 19.4. The maximum Gasteiger partial charge on any atom is 0.261 e. The van der Waals surface area contributed by atoms with Crippen molar-refractivity contribution < 1.29 is 17.9 Å². The second-order valence-corrected chi connectivity index (χ2v) is 9.28. The van der Waals surface area contributed by atoms with Crippen LogP contribution in [-0.2, 0) is 21.2 Å². The van der Waals surface area contributed by atoms with Crippen LogP contribution < -0.4 is 4.74 Å². The SMILES string of the molecule is Cc1cccc(OCC(=O)N(Cc2ccccc2)[C@@H]2CCS(=O)(=O)C2)c1C. The minimum Gasteiger partial charge on any atom is -0.483 e. The quantitative estimate of drug-likeness (QED) is 0.765. The number of rotatable bonds is 6. The summed E-state index contributed by atoms with van der Waals surface area (Å²) in [6.45, 7) is 4.24. The average Bonchev–Trinajstić information content (AvgIpc) is 3.01. The van der Waals surface area contributed by atoms with Crippen LogP contribution in [0.2, 0.25) is 0 Å². The van der Waals surface area contributed by atoms with Crippen molar-refractivity contribution in [2.24, 2.45) is 0 Å². The molecule has 0 radical (unpaired) electrons. The van der Waals surface area contributed by atoms with Gasteiger partial charge in [-0.15, -0.1) is 0 Å². The Morgan fingerprint density at radius 1 is 1.11 bits per heavy atom. The van der Waals surface area contributed by atoms with Gasteiger partial charge in [0.05, 0.1) is 11.5 Å². The molecule has 0 saturated carbocycles. The number of aryl methyl sites for hydroxylation is 1. The molecule has 1 saturated heterocycles. The van der Waals surface area contributed by atoms with Crippen LogP contribution in [0.1, 0.15) is 23.1 Å². The molecule has 6 heteroatoms. The molecule has 1 amide bonds. The minimum atomic E-state index is -3.08. The molecule has 3 rings (SSSR count). The van der Waals surface area contributed by atoms with E-state index < -0.39 is 9.84 Å². The lowest BCUT2D eigenvalue weighted by Gasteiger charge is -2.28. The Bertz CT molecular complexity index is 909. The molecule has 0 unspecified atom stereocenters. The van der Waals surface area contributed by atoms with Gasteiger partial charge < -0.3 is 9.64 Å². The topological polar surface area (TPSA) is 63.7 Å². The third kappa shape index (κ3) is 4.89. The van der Waals surface area contributed by atoms with Crippen LogP contribution in [-0.4, -0.2) is 43.4 Å². The van der Waals surface area contributed by atoms with Crippen molar-refractivity contribution in [3.05, 3.63) is 65.2 Å². The Hall–Kier alpha value is -2.34. The molecule has 0 bridgehead atoms. The number of sulfone groups is 1. The number of ether oxygens (including phenoxy) is 1. The van der Waals surface area contributed by atoms with E-state index in [9.17, 15) is 13.2 Å². The van der Waals surface area contributed by atoms with Crippen molar-refractivity contribution >= 4 is 15.7 Å². The summed E-state index contributed by atoms with van der Waals surface area (Å²) >= 11 is 0. The van der Waals surface area contributed by atoms with Crippen molar-refractivity contribution in [3.63, 3.8) is 0 Å². The van der Waals surface area contributed by atoms with Crippen molar-refractivity contribution in [3.8, 4) is 5.75 Å². The van der Waals surface area contributed by atoms with E-state index in [1.165, 1.54) is 0 Å². The van der Waals surface area contributed by atoms with Crippen molar-refractivity contribution in [1.29, 1.82) is 0 Å². The Balaban J connectivity index is 1.75. The molecule has 2 aromatic carbocycles. The lowest BCUT2D eigenvalue weighted by molar-refractivity contribution is -0.136. The predicted molar refractivity (Wildman–Crippen MR) is 105 cm³/mol. The second-order valence-electron chi connectivity index (χ2n) is 7.05. The molecule has 1 heterocycles. The molecule has 1 aliphatic heterocycles. The number of amides is 1. The minimum absolute atomic E-state index is 0.0229. The average molecular weight is 388 g/mol. The van der Waals surface area contributed by atoms with E-state index in [0.29, 0.717) is 18.7 Å². The fraction of sp³-hybridized carbons (Fsp3) is 0.381. The van der Waals surface area contributed by atoms with Crippen LogP contribution in [0.25, 0.3) is 0 Å². The van der Waals surface area contributed by atoms with Crippen LogP contribution in [0.4, 0.5) is 0 Å². The highest BCUT2D eigenvalue weighted by Gasteiger charge is 2.34. The number of nitrogens with zero attached hydrogens (tertiary/aromatic N) is 1. The number of carbonyl (C=O) groups excluding carboxylic acids is 1. The molecule has 2 aromatic rings. The Kier molecular flexibility index (Phi) is 5.85. The van der Waals surface area contributed by atoms with Crippen LogP contribution in [0, 0.1) is 13.8 Å². The van der Waals surface area contributed by atoms with Crippen LogP contribution in [0.3, 0.4) is 0 Å². The van der Waals surface area contributed by atoms with E-state index in [1.54, 1.807) is 4.90 Å². The maximum atomic E-state index is 12.9. The highest BCUT2D eigenvalue weighted by atomic mass is 32.2. The first-order valence-electron chi connectivity index (χ1n) is 9.08. The summed E-state index contributed by atoms with van der Waals surface area (Å²) in [5.41, 5.74) is 3.08. The first-order chi connectivity index (χ1) is 12.9. The number of hydrogen-bond donors (Lipinski definition) is 0. The van der Waals surface area contributed by atoms with Gasteiger partial charge in [0, 0.05) is 12.6 Å². The molecular weight excluding hydrogens is 362 g/mol. The van der Waals surface area contributed by atoms with E-state index in [0.717, 1.165) is 16.7 Å². The van der Waals surface area contributed by atoms with Gasteiger partial charge in [-0.25, -0.2) is 8.42 Å². The fourth-order valence-corrected chi connectivity index (χ4v) is 5.06. The molecule has 0 aromatic heterocycles. The second kappa shape index (κ2) is 8.13. The molecule has 1 fully saturated rings. The van der Waals surface area contributed by atoms with Crippen LogP contribution >= 0.6 is 0 Å². The van der Waals surface area contributed by atoms with Gasteiger partial charge in [-0.1, -0.05) is 42.5 Å². The first-order valence-corrected chi connectivity index (χ1v) is 10.9. The summed E-state index contributed by atoms with van der Waals surface area (Å²) in [6, 6.07) is 15.1. The van der Waals surface area contributed by atoms with E-state index in [4.69, 9.17) is 4.74 Å². The zero-order valence-corrected chi connectivity index (χ0v) is 16.5. The summed E-state index contributed by atoms with van der Waals surface area (Å²) in [5, 5.41) is 0. The number of benzene rings is 2. The van der Waals surface area contributed by atoms with Gasteiger partial charge in [0.15, 0.2) is 16.4 Å². The zero-order chi connectivity index (χ0) is 19.4. The molecule has 0 spiro atoms. The van der Waals surface area contributed by atoms with Gasteiger partial charge in [-0.3, -0.25) is 4.79 Å². The largest absolute Gasteiger partial charge is 0.483 e. The molecular formula is C21H25NO4S. The van der Waals surface area contributed by atoms with Gasteiger partial charge in [-0.2, -0.15) is 0 Å². The number of hydrogen-bond acceptors (Lipinski definition) is 4. The Morgan fingerprint density at radius 2 is 1.85 bits per heavy atom. The summed E-state index contributed by atoms with van der Waals surface area (Å²) < 4.78 is 29.6. The third-order valence-electron chi connectivity index (χ3n) is 5.07. The van der Waals surface area contributed by atoms with Crippen molar-refractivity contribution in [2.45, 2.75) is 32.9 Å². The Labute approximate surface area is 160 Å². The normalized spacial score (nSPS) is 18.2. The smallest absolute Gasteiger partial charge is 0.261 e. The van der Waals surface area contributed by atoms with Gasteiger partial charge in [-0.05, 0) is 43.0 Å². The van der Waals surface area contributed by atoms with E-state index in [-0.39, 0.29) is 30.1 Å². The molecule has 1 atom stereocenters. The van der Waals surface area contributed by atoms with E-state index >= 15 is 0 Å². The highest BCUT2D eigenvalue weighted by Crippen LogP contribution is 2.23. The van der Waals surface area contributed by atoms with Crippen LogP contribution in [0.5, 0.6) is 5.75 Å². The Morgan fingerprint density at radius 3 is 2.52 bits per heavy atom. The molecule has 0 N–H and O–H groups in total. The molecule has 1 aliphatic rings. The maximum absolute atomic E-state index is 12.9. The summed E-state index contributed by atoms with van der Waals surface area (Å²) in [4.78, 5) is 14.6. The number of carbonyl (C=O) groups is 1. The van der Waals surface area contributed by atoms with Crippen molar-refractivity contribution in [1.82, 2.24) is 4.90 Å². The molecule has 0 aliphatic carbocycles. The van der Waals surface area contributed by atoms with Gasteiger partial charge in [0.25, 0.3) is 5.91 Å². The highest BCUT2D eigenvalue weighted by molar-refractivity contribution is 7.91. The van der Waals surface area contributed by atoms with E-state index in [2.05, 4.69) is 0 Å². The fourth-order valence-electron chi connectivity index (χ4n) is 3.33. The van der Waals surface area contributed by atoms with Crippen LogP contribution in [0.15, 0.2) is 48.5 Å². The lowest BCUT2D eigenvalue weighted by Crippen LogP contribution is -2.43. The summed E-state index contributed by atoms with van der Waals surface area (Å²) in [5.74, 6) is 0.646. The third-order valence-corrected chi connectivity index (χ3v) is 6.82. The predicted octanol–water partition coefficient (Wildman–Crippen LogP) is 2.90. The lowest BCUT2D eigenvalue weighted by atomic mass is 10.1. The van der Waals surface area contributed by atoms with E-state index in [1.807, 2.05) is 62.4 Å². The van der Waals surface area contributed by atoms with Gasteiger partial charge in [0.1, 0.15) is 5.75 Å². The molecule has 27 heavy (non-hydrogen) atoms. The standard InChI is InChI=1S/C21H25NO4S/c1-16-7-6-10-20(17(16)2)26-14-21(23)22(13-18-8-4-3-5-9-18)19-11-12-27(24,25)15-19/h3-10,19H,11-15H2,1-2H3/t19-/m1/s1. The van der Waals surface area contributed by atoms with Crippen molar-refractivity contribution in [2.75, 3.05) is 18.1 Å². The summed E-state index contributed by atoms with van der Waals surface area (Å²) in [6.07, 6.45) is 0.477. The zero-order valence-electron chi connectivity index (χ0n) is 15.7. The molecule has 5 nitrogen and oxygen atoms in total. The monoisotopic (exact) mass is 387 g/mol.